The Morgan fingerprint density at radius 1 is 1.33 bits per heavy atom. The predicted molar refractivity (Wildman–Crippen MR) is 83.1 cm³/mol. The lowest BCUT2D eigenvalue weighted by Gasteiger charge is -2.20. The minimum absolute atomic E-state index is 0.513. The predicted octanol–water partition coefficient (Wildman–Crippen LogP) is 3.53. The fraction of sp³-hybridized carbons (Fsp3) is 0.294. The van der Waals surface area contributed by atoms with Gasteiger partial charge < -0.3 is 19.6 Å². The molecule has 110 valence electrons. The van der Waals surface area contributed by atoms with Crippen molar-refractivity contribution in [3.63, 3.8) is 0 Å². The molecule has 2 heterocycles. The molecule has 1 aromatic carbocycles. The highest BCUT2D eigenvalue weighted by molar-refractivity contribution is 5.91. The molecule has 0 saturated carbocycles. The topological polar surface area (TPSA) is 57.6 Å². The van der Waals surface area contributed by atoms with Crippen LogP contribution in [0.5, 0.6) is 5.75 Å². The lowest BCUT2D eigenvalue weighted by molar-refractivity contribution is 0.120. The van der Waals surface area contributed by atoms with Gasteiger partial charge in [0.2, 0.25) is 0 Å². The average Bonchev–Trinajstić information content (AvgIpc) is 2.96. The van der Waals surface area contributed by atoms with Crippen LogP contribution in [-0.2, 0) is 11.3 Å². The maximum absolute atomic E-state index is 5.79. The lowest BCUT2D eigenvalue weighted by Crippen LogP contribution is -2.07. The summed E-state index contributed by atoms with van der Waals surface area (Å²) in [5, 5.41) is 1.07. The molecule has 0 bridgehead atoms. The summed E-state index contributed by atoms with van der Waals surface area (Å²) in [7, 11) is 0. The normalized spacial score (nSPS) is 13.5. The van der Waals surface area contributed by atoms with Gasteiger partial charge in [0.05, 0.1) is 12.9 Å². The van der Waals surface area contributed by atoms with Crippen LogP contribution in [-0.4, -0.2) is 13.2 Å². The number of hydrogen-bond donors (Lipinski definition) is 1. The van der Waals surface area contributed by atoms with Crippen LogP contribution in [0, 0.1) is 6.92 Å². The molecular weight excluding hydrogens is 266 g/mol. The number of fused-ring (bicyclic) bond motifs is 2. The molecule has 4 nitrogen and oxygen atoms in total. The van der Waals surface area contributed by atoms with E-state index in [1.54, 1.807) is 6.26 Å². The number of ether oxygens (including phenoxy) is 2. The Balaban J connectivity index is 2.06. The minimum Gasteiger partial charge on any atom is -0.464 e. The van der Waals surface area contributed by atoms with Crippen LogP contribution in [0.15, 0.2) is 35.2 Å². The summed E-state index contributed by atoms with van der Waals surface area (Å²) >= 11 is 0. The molecule has 1 aliphatic rings. The average molecular weight is 285 g/mol. The summed E-state index contributed by atoms with van der Waals surface area (Å²) in [5.74, 6) is 1.44. The number of rotatable bonds is 5. The number of benzene rings is 1. The zero-order valence-corrected chi connectivity index (χ0v) is 12.1. The van der Waals surface area contributed by atoms with Gasteiger partial charge in [-0.25, -0.2) is 0 Å². The van der Waals surface area contributed by atoms with Gasteiger partial charge in [0.1, 0.15) is 17.1 Å². The van der Waals surface area contributed by atoms with Crippen molar-refractivity contribution in [2.75, 3.05) is 13.2 Å². The molecule has 0 fully saturated rings. The van der Waals surface area contributed by atoms with Gasteiger partial charge in [-0.3, -0.25) is 0 Å². The van der Waals surface area contributed by atoms with E-state index in [1.165, 1.54) is 0 Å². The second-order valence-electron chi connectivity index (χ2n) is 5.11. The van der Waals surface area contributed by atoms with Crippen molar-refractivity contribution in [1.29, 1.82) is 0 Å². The van der Waals surface area contributed by atoms with Crippen molar-refractivity contribution < 1.29 is 13.9 Å². The molecule has 0 saturated heterocycles. The molecule has 4 heteroatoms. The minimum atomic E-state index is 0.513. The fourth-order valence-electron chi connectivity index (χ4n) is 2.59. The number of furan rings is 1. The fourth-order valence-corrected chi connectivity index (χ4v) is 2.59. The zero-order chi connectivity index (χ0) is 14.8. The Bertz CT molecular complexity index is 712. The Labute approximate surface area is 123 Å². The number of allylic oxidation sites excluding steroid dienone is 1. The molecule has 1 aromatic heterocycles. The number of aryl methyl sites for hydroxylation is 1. The molecule has 0 atom stereocenters. The van der Waals surface area contributed by atoms with Crippen LogP contribution >= 0.6 is 0 Å². The van der Waals surface area contributed by atoms with Gasteiger partial charge in [-0.1, -0.05) is 6.58 Å². The highest BCUT2D eigenvalue weighted by Crippen LogP contribution is 2.40. The van der Waals surface area contributed by atoms with Crippen molar-refractivity contribution in [2.45, 2.75) is 20.0 Å². The van der Waals surface area contributed by atoms with E-state index in [0.717, 1.165) is 39.8 Å². The first kappa shape index (κ1) is 13.9. The van der Waals surface area contributed by atoms with Crippen LogP contribution in [0.3, 0.4) is 0 Å². The smallest absolute Gasteiger partial charge is 0.141 e. The van der Waals surface area contributed by atoms with E-state index in [4.69, 9.17) is 19.6 Å². The maximum Gasteiger partial charge on any atom is 0.141 e. The van der Waals surface area contributed by atoms with Crippen molar-refractivity contribution in [3.05, 3.63) is 47.4 Å². The van der Waals surface area contributed by atoms with Gasteiger partial charge >= 0.3 is 0 Å². The van der Waals surface area contributed by atoms with Crippen LogP contribution in [0.1, 0.15) is 23.1 Å². The molecule has 21 heavy (non-hydrogen) atoms. The van der Waals surface area contributed by atoms with E-state index in [2.05, 4.69) is 6.58 Å². The summed E-state index contributed by atoms with van der Waals surface area (Å²) in [4.78, 5) is 0. The van der Waals surface area contributed by atoms with Gasteiger partial charge in [-0.15, -0.1) is 0 Å². The Hall–Kier alpha value is -2.04. The Kier molecular flexibility index (Phi) is 3.82. The molecule has 0 spiro atoms. The molecule has 0 radical (unpaired) electrons. The van der Waals surface area contributed by atoms with Crippen LogP contribution in [0.2, 0.25) is 0 Å². The lowest BCUT2D eigenvalue weighted by atomic mass is 9.97. The Morgan fingerprint density at radius 3 is 3.00 bits per heavy atom. The first-order valence-corrected chi connectivity index (χ1v) is 7.07. The van der Waals surface area contributed by atoms with Crippen molar-refractivity contribution in [1.82, 2.24) is 0 Å². The monoisotopic (exact) mass is 285 g/mol. The third kappa shape index (κ3) is 2.48. The van der Waals surface area contributed by atoms with E-state index < -0.39 is 0 Å². The van der Waals surface area contributed by atoms with E-state index in [9.17, 15) is 0 Å². The summed E-state index contributed by atoms with van der Waals surface area (Å²) in [6, 6.07) is 1.97. The molecule has 0 amide bonds. The first-order valence-electron chi connectivity index (χ1n) is 7.07. The highest BCUT2D eigenvalue weighted by atomic mass is 16.5. The Morgan fingerprint density at radius 2 is 2.19 bits per heavy atom. The highest BCUT2D eigenvalue weighted by Gasteiger charge is 2.21. The van der Waals surface area contributed by atoms with Crippen molar-refractivity contribution >= 4 is 17.0 Å². The summed E-state index contributed by atoms with van der Waals surface area (Å²) < 4.78 is 17.1. The van der Waals surface area contributed by atoms with Crippen molar-refractivity contribution in [2.24, 2.45) is 5.73 Å². The van der Waals surface area contributed by atoms with Gasteiger partial charge in [-0.05, 0) is 43.7 Å². The molecule has 0 unspecified atom stereocenters. The molecule has 3 rings (SSSR count). The second-order valence-corrected chi connectivity index (χ2v) is 5.11. The van der Waals surface area contributed by atoms with E-state index in [-0.39, 0.29) is 0 Å². The van der Waals surface area contributed by atoms with Gasteiger partial charge in [0, 0.05) is 23.1 Å². The van der Waals surface area contributed by atoms with Crippen LogP contribution in [0.25, 0.3) is 17.0 Å². The van der Waals surface area contributed by atoms with Gasteiger partial charge in [0.25, 0.3) is 0 Å². The van der Waals surface area contributed by atoms with Crippen molar-refractivity contribution in [3.8, 4) is 5.75 Å². The number of nitrogens with two attached hydrogens (primary N) is 1. The molecular formula is C17H19NO3. The van der Waals surface area contributed by atoms with E-state index in [1.807, 2.05) is 25.1 Å². The zero-order valence-electron chi connectivity index (χ0n) is 12.1. The first-order chi connectivity index (χ1) is 10.2. The largest absolute Gasteiger partial charge is 0.464 e. The standard InChI is InChI=1S/C17H19NO3/c1-11-4-5-13-15(10-19-8-3-7-18)14-6-9-20-16(14)12(2)17(13)21-11/h4-6,9H,1,3,7-8,10,18H2,2H3. The van der Waals surface area contributed by atoms with Gasteiger partial charge in [-0.2, -0.15) is 0 Å². The molecule has 0 aliphatic carbocycles. The van der Waals surface area contributed by atoms with Crippen LogP contribution in [0.4, 0.5) is 0 Å². The molecule has 2 N–H and O–H groups in total. The van der Waals surface area contributed by atoms with E-state index >= 15 is 0 Å². The third-order valence-electron chi connectivity index (χ3n) is 3.65. The summed E-state index contributed by atoms with van der Waals surface area (Å²) in [6.07, 6.45) is 6.45. The summed E-state index contributed by atoms with van der Waals surface area (Å²) in [6.45, 7) is 7.65. The SMILES string of the molecule is C=C1C=Cc2c(c(C)c3occc3c2COCCCN)O1. The summed E-state index contributed by atoms with van der Waals surface area (Å²) in [5.41, 5.74) is 9.45. The van der Waals surface area contributed by atoms with E-state index in [0.29, 0.717) is 25.5 Å². The van der Waals surface area contributed by atoms with Gasteiger partial charge in [0.15, 0.2) is 0 Å². The third-order valence-corrected chi connectivity index (χ3v) is 3.65. The number of hydrogen-bond acceptors (Lipinski definition) is 4. The molecule has 2 aromatic rings. The maximum atomic E-state index is 5.79. The van der Waals surface area contributed by atoms with Crippen LogP contribution < -0.4 is 10.5 Å². The quantitative estimate of drug-likeness (QED) is 0.854. The molecule has 1 aliphatic heterocycles. The second kappa shape index (κ2) is 5.76.